The number of nitrogens with zero attached hydrogens (tertiary/aromatic N) is 5. The number of anilines is 3. The van der Waals surface area contributed by atoms with Crippen LogP contribution in [0.5, 0.6) is 0 Å². The van der Waals surface area contributed by atoms with E-state index in [1.807, 2.05) is 26.0 Å². The van der Waals surface area contributed by atoms with Crippen molar-refractivity contribution in [3.63, 3.8) is 0 Å². The molecule has 1 aliphatic rings. The number of furan rings is 1. The van der Waals surface area contributed by atoms with Gasteiger partial charge in [-0.3, -0.25) is 0 Å². The van der Waals surface area contributed by atoms with Gasteiger partial charge in [0, 0.05) is 35.7 Å². The van der Waals surface area contributed by atoms with Crippen molar-refractivity contribution in [2.45, 2.75) is 13.8 Å². The zero-order valence-corrected chi connectivity index (χ0v) is 16.4. The largest absolute Gasteiger partial charge is 0.461 e. The van der Waals surface area contributed by atoms with Crippen LogP contribution >= 0.6 is 0 Å². The lowest BCUT2D eigenvalue weighted by atomic mass is 10.2. The average Bonchev–Trinajstić information content (AvgIpc) is 3.42. The molecule has 5 rings (SSSR count). The summed E-state index contributed by atoms with van der Waals surface area (Å²) in [4.78, 5) is 11.4. The summed E-state index contributed by atoms with van der Waals surface area (Å²) in [5, 5.41) is 8.10. The van der Waals surface area contributed by atoms with Gasteiger partial charge in [0.1, 0.15) is 5.82 Å². The zero-order chi connectivity index (χ0) is 19.8. The van der Waals surface area contributed by atoms with Crippen molar-refractivity contribution < 1.29 is 9.15 Å². The third-order valence-corrected chi connectivity index (χ3v) is 5.22. The Morgan fingerprint density at radius 1 is 1.00 bits per heavy atom. The van der Waals surface area contributed by atoms with Gasteiger partial charge in [0.15, 0.2) is 5.76 Å². The van der Waals surface area contributed by atoms with Gasteiger partial charge in [-0.05, 0) is 50.2 Å². The van der Waals surface area contributed by atoms with Crippen LogP contribution in [-0.4, -0.2) is 45.9 Å². The number of hydrogen-bond acceptors (Lipinski definition) is 7. The highest BCUT2D eigenvalue weighted by Gasteiger charge is 2.17. The summed E-state index contributed by atoms with van der Waals surface area (Å²) in [6.45, 7) is 7.40. The lowest BCUT2D eigenvalue weighted by molar-refractivity contribution is 0.122. The number of aryl methyl sites for hydroxylation is 1. The van der Waals surface area contributed by atoms with Crippen molar-refractivity contribution in [2.24, 2.45) is 0 Å². The van der Waals surface area contributed by atoms with Crippen molar-refractivity contribution in [2.75, 3.05) is 36.5 Å². The highest BCUT2D eigenvalue weighted by Crippen LogP contribution is 2.26. The van der Waals surface area contributed by atoms with Gasteiger partial charge < -0.3 is 19.4 Å². The molecule has 1 N–H and O–H groups in total. The third-order valence-electron chi connectivity index (χ3n) is 5.22. The van der Waals surface area contributed by atoms with Crippen LogP contribution in [-0.2, 0) is 4.74 Å². The Morgan fingerprint density at radius 2 is 1.79 bits per heavy atom. The summed E-state index contributed by atoms with van der Waals surface area (Å²) < 4.78 is 12.6. The molecule has 0 unspecified atom stereocenters. The molecule has 148 valence electrons. The molecule has 0 saturated carbocycles. The number of ether oxygens (including phenoxy) is 1. The quantitative estimate of drug-likeness (QED) is 0.570. The fourth-order valence-corrected chi connectivity index (χ4v) is 3.46. The van der Waals surface area contributed by atoms with Gasteiger partial charge in [0.25, 0.3) is 5.78 Å². The molecule has 0 amide bonds. The van der Waals surface area contributed by atoms with E-state index in [2.05, 4.69) is 49.5 Å². The topological polar surface area (TPSA) is 80.7 Å². The Bertz CT molecular complexity index is 1130. The smallest absolute Gasteiger partial charge is 0.255 e. The zero-order valence-electron chi connectivity index (χ0n) is 16.4. The molecule has 8 nitrogen and oxygen atoms in total. The molecule has 8 heteroatoms. The minimum absolute atomic E-state index is 0.512. The van der Waals surface area contributed by atoms with E-state index in [0.29, 0.717) is 17.4 Å². The van der Waals surface area contributed by atoms with Crippen molar-refractivity contribution in [3.8, 4) is 11.6 Å². The average molecular weight is 390 g/mol. The van der Waals surface area contributed by atoms with E-state index in [4.69, 9.17) is 9.15 Å². The Kier molecular flexibility index (Phi) is 4.40. The standard InChI is InChI=1S/C21H22N6O2/c1-14-15(2)22-21-24-19(18-4-3-11-29-18)25-27(21)20(14)23-16-5-7-17(8-6-16)26-9-12-28-13-10-26/h3-8,11,23H,9-10,12-13H2,1-2H3. The van der Waals surface area contributed by atoms with Gasteiger partial charge >= 0.3 is 0 Å². The minimum Gasteiger partial charge on any atom is -0.461 e. The molecule has 1 saturated heterocycles. The van der Waals surface area contributed by atoms with Crippen LogP contribution in [0, 0.1) is 13.8 Å². The second kappa shape index (κ2) is 7.21. The second-order valence-electron chi connectivity index (χ2n) is 7.07. The number of fused-ring (bicyclic) bond motifs is 1. The van der Waals surface area contributed by atoms with Gasteiger partial charge in [-0.2, -0.15) is 9.50 Å². The van der Waals surface area contributed by atoms with Crippen LogP contribution in [0.3, 0.4) is 0 Å². The molecule has 0 radical (unpaired) electrons. The van der Waals surface area contributed by atoms with E-state index in [0.717, 1.165) is 49.1 Å². The van der Waals surface area contributed by atoms with Crippen LogP contribution < -0.4 is 10.2 Å². The van der Waals surface area contributed by atoms with Crippen LogP contribution in [0.1, 0.15) is 11.3 Å². The number of nitrogens with one attached hydrogen (secondary N) is 1. The summed E-state index contributed by atoms with van der Waals surface area (Å²) in [7, 11) is 0. The first-order valence-electron chi connectivity index (χ1n) is 9.67. The summed E-state index contributed by atoms with van der Waals surface area (Å²) in [5.41, 5.74) is 4.11. The monoisotopic (exact) mass is 390 g/mol. The molecule has 0 bridgehead atoms. The molecule has 4 aromatic rings. The van der Waals surface area contributed by atoms with Gasteiger partial charge in [0.05, 0.1) is 19.5 Å². The highest BCUT2D eigenvalue weighted by atomic mass is 16.5. The number of hydrogen-bond donors (Lipinski definition) is 1. The van der Waals surface area contributed by atoms with Crippen LogP contribution in [0.4, 0.5) is 17.2 Å². The lowest BCUT2D eigenvalue weighted by Crippen LogP contribution is -2.36. The number of rotatable bonds is 4. The molecule has 3 aromatic heterocycles. The van der Waals surface area contributed by atoms with Crippen molar-refractivity contribution in [1.29, 1.82) is 0 Å². The van der Waals surface area contributed by atoms with Crippen LogP contribution in [0.2, 0.25) is 0 Å². The lowest BCUT2D eigenvalue weighted by Gasteiger charge is -2.29. The van der Waals surface area contributed by atoms with E-state index in [1.54, 1.807) is 10.8 Å². The molecular weight excluding hydrogens is 368 g/mol. The van der Waals surface area contributed by atoms with Crippen LogP contribution in [0.25, 0.3) is 17.4 Å². The fourth-order valence-electron chi connectivity index (χ4n) is 3.46. The molecule has 4 heterocycles. The first-order valence-corrected chi connectivity index (χ1v) is 9.67. The van der Waals surface area contributed by atoms with Gasteiger partial charge in [0.2, 0.25) is 5.82 Å². The Morgan fingerprint density at radius 3 is 2.52 bits per heavy atom. The molecule has 1 aliphatic heterocycles. The predicted molar refractivity (Wildman–Crippen MR) is 111 cm³/mol. The molecule has 0 aliphatic carbocycles. The number of benzene rings is 1. The molecule has 1 fully saturated rings. The second-order valence-corrected chi connectivity index (χ2v) is 7.07. The summed E-state index contributed by atoms with van der Waals surface area (Å²) in [6, 6.07) is 12.1. The Balaban J connectivity index is 1.48. The maximum Gasteiger partial charge on any atom is 0.255 e. The first-order chi connectivity index (χ1) is 14.2. The van der Waals surface area contributed by atoms with Crippen LogP contribution in [0.15, 0.2) is 47.1 Å². The maximum atomic E-state index is 5.44. The van der Waals surface area contributed by atoms with Crippen molar-refractivity contribution in [1.82, 2.24) is 19.6 Å². The first kappa shape index (κ1) is 17.7. The molecule has 0 atom stereocenters. The van der Waals surface area contributed by atoms with E-state index in [9.17, 15) is 0 Å². The summed E-state index contributed by atoms with van der Waals surface area (Å²) >= 11 is 0. The van der Waals surface area contributed by atoms with Gasteiger partial charge in [-0.1, -0.05) is 0 Å². The maximum absolute atomic E-state index is 5.44. The minimum atomic E-state index is 0.512. The fraction of sp³-hybridized carbons (Fsp3) is 0.286. The number of morpholine rings is 1. The van der Waals surface area contributed by atoms with Crippen molar-refractivity contribution in [3.05, 3.63) is 53.9 Å². The highest BCUT2D eigenvalue weighted by molar-refractivity contribution is 5.66. The van der Waals surface area contributed by atoms with Crippen molar-refractivity contribution >= 4 is 23.0 Å². The molecular formula is C21H22N6O2. The molecule has 29 heavy (non-hydrogen) atoms. The summed E-state index contributed by atoms with van der Waals surface area (Å²) in [5.74, 6) is 2.51. The molecule has 0 spiro atoms. The van der Waals surface area contributed by atoms with E-state index in [1.165, 1.54) is 5.69 Å². The Labute approximate surface area is 168 Å². The molecule has 1 aromatic carbocycles. The summed E-state index contributed by atoms with van der Waals surface area (Å²) in [6.07, 6.45) is 1.61. The van der Waals surface area contributed by atoms with E-state index >= 15 is 0 Å². The third kappa shape index (κ3) is 3.31. The number of aromatic nitrogens is 4. The normalized spacial score (nSPS) is 14.5. The SMILES string of the molecule is Cc1nc2nc(-c3ccco3)nn2c(Nc2ccc(N3CCOCC3)cc2)c1C. The van der Waals surface area contributed by atoms with Gasteiger partial charge in [-0.25, -0.2) is 4.98 Å². The van der Waals surface area contributed by atoms with E-state index in [-0.39, 0.29) is 0 Å². The Hall–Kier alpha value is -3.39. The van der Waals surface area contributed by atoms with Gasteiger partial charge in [-0.15, -0.1) is 5.10 Å². The van der Waals surface area contributed by atoms with E-state index < -0.39 is 0 Å². The predicted octanol–water partition coefficient (Wildman–Crippen LogP) is 3.58.